The van der Waals surface area contributed by atoms with Crippen molar-refractivity contribution in [2.75, 3.05) is 0 Å². The molecule has 0 radical (unpaired) electrons. The van der Waals surface area contributed by atoms with Crippen molar-refractivity contribution in [1.82, 2.24) is 0 Å². The number of carbonyl (C=O) groups excluding carboxylic acids is 1. The second-order valence-electron chi connectivity index (χ2n) is 15.2. The fourth-order valence-corrected chi connectivity index (χ4v) is 8.88. The van der Waals surface area contributed by atoms with Gasteiger partial charge in [0.05, 0.1) is 5.56 Å². The number of benzene rings is 2. The number of hydrogen-bond acceptors (Lipinski definition) is 4. The van der Waals surface area contributed by atoms with Gasteiger partial charge in [-0.3, -0.25) is 0 Å². The van der Waals surface area contributed by atoms with Gasteiger partial charge in [-0.25, -0.2) is 9.59 Å². The molecule has 0 spiro atoms. The van der Waals surface area contributed by atoms with E-state index in [1.807, 2.05) is 42.5 Å². The van der Waals surface area contributed by atoms with Crippen LogP contribution < -0.4 is 0 Å². The molecule has 6 heteroatoms. The lowest BCUT2D eigenvalue weighted by molar-refractivity contribution is -0.165. The van der Waals surface area contributed by atoms with Crippen molar-refractivity contribution in [1.29, 1.82) is 0 Å². The van der Waals surface area contributed by atoms with E-state index < -0.39 is 19.9 Å². The molecule has 1 fully saturated rings. The summed E-state index contributed by atoms with van der Waals surface area (Å²) in [7, 11) is -2.31. The zero-order valence-corrected chi connectivity index (χ0v) is 30.3. The van der Waals surface area contributed by atoms with Gasteiger partial charge in [0, 0.05) is 12.3 Å². The minimum absolute atomic E-state index is 0.0523. The van der Waals surface area contributed by atoms with E-state index in [1.165, 1.54) is 12.0 Å². The molecule has 3 atom stereocenters. The van der Waals surface area contributed by atoms with Crippen LogP contribution in [0.4, 0.5) is 0 Å². The average molecular weight is 647 g/mol. The molecule has 1 N–H and O–H groups in total. The van der Waals surface area contributed by atoms with Crippen molar-refractivity contribution in [2.45, 2.75) is 141 Å². The minimum atomic E-state index is -2.31. The zero-order chi connectivity index (χ0) is 33.4. The fraction of sp³-hybridized carbons (Fsp3) is 0.600. The molecule has 4 rings (SSSR count). The molecule has 252 valence electrons. The van der Waals surface area contributed by atoms with Gasteiger partial charge in [0.2, 0.25) is 0 Å². The molecule has 0 amide bonds. The summed E-state index contributed by atoms with van der Waals surface area (Å²) in [6.45, 7) is 13.2. The highest BCUT2D eigenvalue weighted by molar-refractivity contribution is 6.74. The Morgan fingerprint density at radius 2 is 1.54 bits per heavy atom. The maximum atomic E-state index is 13.2. The van der Waals surface area contributed by atoms with Gasteiger partial charge in [-0.1, -0.05) is 120 Å². The molecule has 2 aliphatic carbocycles. The number of unbranched alkanes of at least 4 members (excludes halogenated alkanes) is 2. The highest BCUT2D eigenvalue weighted by atomic mass is 28.4. The molecule has 5 nitrogen and oxygen atoms in total. The van der Waals surface area contributed by atoms with E-state index in [1.54, 1.807) is 0 Å². The summed E-state index contributed by atoms with van der Waals surface area (Å²) >= 11 is 0. The lowest BCUT2D eigenvalue weighted by Gasteiger charge is -2.48. The highest BCUT2D eigenvalue weighted by Crippen LogP contribution is 2.46. The lowest BCUT2D eigenvalue weighted by Crippen LogP contribution is -2.57. The normalized spacial score (nSPS) is 20.6. The van der Waals surface area contributed by atoms with Crippen LogP contribution in [0.15, 0.2) is 66.2 Å². The van der Waals surface area contributed by atoms with Gasteiger partial charge in [-0.05, 0) is 85.8 Å². The van der Waals surface area contributed by atoms with Crippen LogP contribution in [0.3, 0.4) is 0 Å². The molecular formula is C40H58O5Si. The average Bonchev–Trinajstić information content (AvgIpc) is 3.41. The molecule has 0 heterocycles. The monoisotopic (exact) mass is 646 g/mol. The summed E-state index contributed by atoms with van der Waals surface area (Å²) in [6.07, 6.45) is 14.5. The quantitative estimate of drug-likeness (QED) is 0.0902. The summed E-state index contributed by atoms with van der Waals surface area (Å²) in [6, 6.07) is 17.9. The van der Waals surface area contributed by atoms with Crippen molar-refractivity contribution < 1.29 is 23.9 Å². The Labute approximate surface area is 279 Å². The number of aliphatic carboxylic acids is 1. The number of hydrogen-bond donors (Lipinski definition) is 1. The van der Waals surface area contributed by atoms with Crippen LogP contribution >= 0.6 is 0 Å². The van der Waals surface area contributed by atoms with E-state index in [0.717, 1.165) is 81.8 Å². The van der Waals surface area contributed by atoms with Crippen molar-refractivity contribution in [3.05, 3.63) is 71.8 Å². The Morgan fingerprint density at radius 1 is 0.891 bits per heavy atom. The third-order valence-corrected chi connectivity index (χ3v) is 15.5. The Balaban J connectivity index is 1.38. The van der Waals surface area contributed by atoms with Gasteiger partial charge in [-0.15, -0.1) is 0 Å². The van der Waals surface area contributed by atoms with E-state index in [2.05, 4.69) is 59.0 Å². The Kier molecular flexibility index (Phi) is 12.5. The second-order valence-corrected chi connectivity index (χ2v) is 20.0. The van der Waals surface area contributed by atoms with Crippen molar-refractivity contribution in [3.8, 4) is 11.1 Å². The van der Waals surface area contributed by atoms with Crippen molar-refractivity contribution >= 4 is 20.3 Å². The molecule has 46 heavy (non-hydrogen) atoms. The van der Waals surface area contributed by atoms with Gasteiger partial charge in [0.25, 0.3) is 0 Å². The first-order valence-electron chi connectivity index (χ1n) is 17.9. The van der Waals surface area contributed by atoms with Crippen LogP contribution in [-0.2, 0) is 14.0 Å². The van der Waals surface area contributed by atoms with E-state index in [-0.39, 0.29) is 28.9 Å². The Hall–Kier alpha value is -2.70. The standard InChI is InChI=1S/C40H58O5Si/c1-7-17-32-27-28-36(44-37(41)33-25-23-31(24-26-33)30-18-11-8-12-19-30)35(32)22-15-10-16-29-40(38(42)43,34-20-13-9-14-21-34)45-46(5,6)39(2,3)4/h8,11-12,18-19,23-27,34-36H,7,9-10,13-17,20-22,28-29H2,1-6H3,(H,42,43)/t35-,36+,40?/m1/s1. The van der Waals surface area contributed by atoms with Crippen LogP contribution in [0.1, 0.15) is 122 Å². The lowest BCUT2D eigenvalue weighted by atomic mass is 9.74. The molecule has 1 saturated carbocycles. The second kappa shape index (κ2) is 15.9. The largest absolute Gasteiger partial charge is 0.479 e. The maximum absolute atomic E-state index is 13.2. The Bertz CT molecular complexity index is 1300. The van der Waals surface area contributed by atoms with E-state index in [4.69, 9.17) is 9.16 Å². The predicted octanol–water partition coefficient (Wildman–Crippen LogP) is 11.0. The first-order valence-corrected chi connectivity index (χ1v) is 20.8. The summed E-state index contributed by atoms with van der Waals surface area (Å²) in [5, 5.41) is 10.7. The van der Waals surface area contributed by atoms with Crippen molar-refractivity contribution in [3.63, 3.8) is 0 Å². The summed E-state index contributed by atoms with van der Waals surface area (Å²) < 4.78 is 13.1. The van der Waals surface area contributed by atoms with Gasteiger partial charge in [0.15, 0.2) is 13.9 Å². The van der Waals surface area contributed by atoms with Gasteiger partial charge in [-0.2, -0.15) is 0 Å². The van der Waals surface area contributed by atoms with Crippen molar-refractivity contribution in [2.24, 2.45) is 11.8 Å². The third kappa shape index (κ3) is 8.80. The molecular weight excluding hydrogens is 589 g/mol. The number of esters is 1. The molecule has 0 saturated heterocycles. The molecule has 2 aromatic carbocycles. The van der Waals surface area contributed by atoms with Gasteiger partial charge >= 0.3 is 11.9 Å². The number of carbonyl (C=O) groups is 2. The van der Waals surface area contributed by atoms with Crippen LogP contribution in [-0.4, -0.2) is 37.1 Å². The topological polar surface area (TPSA) is 72.8 Å². The first-order chi connectivity index (χ1) is 21.9. The zero-order valence-electron chi connectivity index (χ0n) is 29.3. The number of carboxylic acid groups (broad SMARTS) is 1. The molecule has 0 aromatic heterocycles. The van der Waals surface area contributed by atoms with Gasteiger partial charge < -0.3 is 14.3 Å². The van der Waals surface area contributed by atoms with Gasteiger partial charge in [0.1, 0.15) is 6.10 Å². The first kappa shape index (κ1) is 36.1. The van der Waals surface area contributed by atoms with E-state index >= 15 is 0 Å². The van der Waals surface area contributed by atoms with E-state index in [0.29, 0.717) is 12.0 Å². The number of carboxylic acids is 1. The highest BCUT2D eigenvalue weighted by Gasteiger charge is 2.52. The Morgan fingerprint density at radius 3 is 2.15 bits per heavy atom. The molecule has 0 bridgehead atoms. The molecule has 1 unspecified atom stereocenters. The molecule has 2 aliphatic rings. The van der Waals surface area contributed by atoms with Crippen LogP contribution in [0.25, 0.3) is 11.1 Å². The summed E-state index contributed by atoms with van der Waals surface area (Å²) in [4.78, 5) is 26.3. The van der Waals surface area contributed by atoms with Crippen LogP contribution in [0.2, 0.25) is 18.1 Å². The summed E-state index contributed by atoms with van der Waals surface area (Å²) in [5.41, 5.74) is 3.09. The minimum Gasteiger partial charge on any atom is -0.479 e. The SMILES string of the molecule is CCCC1=CC[C@H](OC(=O)c2ccc(-c3ccccc3)cc2)[C@@H]1CCCCCC(O[Si](C)(C)C(C)(C)C)(C(=O)O)C1CCCCC1. The third-order valence-electron chi connectivity index (χ3n) is 11.0. The van der Waals surface area contributed by atoms with E-state index in [9.17, 15) is 14.7 Å². The number of ether oxygens (including phenoxy) is 1. The van der Waals surface area contributed by atoms with Crippen LogP contribution in [0, 0.1) is 11.8 Å². The van der Waals surface area contributed by atoms with Crippen LogP contribution in [0.5, 0.6) is 0 Å². The predicted molar refractivity (Wildman–Crippen MR) is 190 cm³/mol. The maximum Gasteiger partial charge on any atom is 0.338 e. The molecule has 0 aliphatic heterocycles. The number of rotatable bonds is 15. The fourth-order valence-electron chi connectivity index (χ4n) is 7.30. The summed E-state index contributed by atoms with van der Waals surface area (Å²) in [5.74, 6) is -0.731. The smallest absolute Gasteiger partial charge is 0.338 e. The molecule has 2 aromatic rings.